The van der Waals surface area contributed by atoms with E-state index < -0.39 is 9.84 Å². The van der Waals surface area contributed by atoms with Crippen LogP contribution in [0.1, 0.15) is 11.5 Å². The second-order valence-electron chi connectivity index (χ2n) is 4.43. The highest BCUT2D eigenvalue weighted by Gasteiger charge is 2.09. The Labute approximate surface area is 122 Å². The molecule has 0 atom stereocenters. The minimum Gasteiger partial charge on any atom is -0.416 e. The molecule has 2 aromatic rings. The zero-order valence-corrected chi connectivity index (χ0v) is 12.8. The Kier molecular flexibility index (Phi) is 5.19. The van der Waals surface area contributed by atoms with E-state index in [1.165, 1.54) is 23.6 Å². The van der Waals surface area contributed by atoms with E-state index in [1.807, 2.05) is 18.2 Å². The van der Waals surface area contributed by atoms with Crippen LogP contribution in [0.2, 0.25) is 0 Å². The zero-order valence-electron chi connectivity index (χ0n) is 11.2. The lowest BCUT2D eigenvalue weighted by molar-refractivity contribution is 0.413. The lowest BCUT2D eigenvalue weighted by atomic mass is 10.1. The molecule has 0 aliphatic rings. The van der Waals surface area contributed by atoms with Gasteiger partial charge in [-0.1, -0.05) is 42.1 Å². The predicted molar refractivity (Wildman–Crippen MR) is 78.6 cm³/mol. The summed E-state index contributed by atoms with van der Waals surface area (Å²) in [5.74, 6) is 1.12. The summed E-state index contributed by atoms with van der Waals surface area (Å²) in [6.45, 7) is 0. The summed E-state index contributed by atoms with van der Waals surface area (Å²) in [5.41, 5.74) is 1.22. The van der Waals surface area contributed by atoms with Gasteiger partial charge in [-0.25, -0.2) is 8.42 Å². The molecule has 0 fully saturated rings. The summed E-state index contributed by atoms with van der Waals surface area (Å²) in [6, 6.07) is 10.1. The first-order valence-electron chi connectivity index (χ1n) is 6.20. The van der Waals surface area contributed by atoms with Gasteiger partial charge in [-0.05, 0) is 12.0 Å². The molecular weight excluding hydrogens is 296 g/mol. The van der Waals surface area contributed by atoms with Crippen molar-refractivity contribution < 1.29 is 12.8 Å². The van der Waals surface area contributed by atoms with Crippen molar-refractivity contribution in [2.45, 2.75) is 18.1 Å². The van der Waals surface area contributed by atoms with Crippen molar-refractivity contribution in [1.82, 2.24) is 10.2 Å². The summed E-state index contributed by atoms with van der Waals surface area (Å²) in [7, 11) is -2.94. The van der Waals surface area contributed by atoms with E-state index in [2.05, 4.69) is 22.3 Å². The first-order chi connectivity index (χ1) is 9.53. The first-order valence-corrected chi connectivity index (χ1v) is 9.24. The number of thioether (sulfide) groups is 1. The average Bonchev–Trinajstić information content (AvgIpc) is 2.84. The third-order valence-electron chi connectivity index (χ3n) is 2.60. The van der Waals surface area contributed by atoms with Gasteiger partial charge in [0.05, 0.1) is 5.75 Å². The fraction of sp³-hybridized carbons (Fsp3) is 0.385. The third kappa shape index (κ3) is 5.34. The van der Waals surface area contributed by atoms with Gasteiger partial charge in [0.15, 0.2) is 0 Å². The van der Waals surface area contributed by atoms with Gasteiger partial charge in [0.25, 0.3) is 5.22 Å². The van der Waals surface area contributed by atoms with Crippen LogP contribution in [-0.2, 0) is 22.7 Å². The molecule has 5 nitrogen and oxygen atoms in total. The lowest BCUT2D eigenvalue weighted by Gasteiger charge is -1.97. The highest BCUT2D eigenvalue weighted by atomic mass is 32.2. The van der Waals surface area contributed by atoms with Gasteiger partial charge in [-0.15, -0.1) is 10.2 Å². The number of aromatic nitrogens is 2. The van der Waals surface area contributed by atoms with Gasteiger partial charge in [0.2, 0.25) is 5.89 Å². The number of rotatable bonds is 7. The van der Waals surface area contributed by atoms with Crippen LogP contribution in [0.15, 0.2) is 40.0 Å². The Hall–Kier alpha value is -1.34. The second kappa shape index (κ2) is 6.90. The number of hydrogen-bond acceptors (Lipinski definition) is 6. The third-order valence-corrected chi connectivity index (χ3v) is 4.62. The quantitative estimate of drug-likeness (QED) is 0.728. The Morgan fingerprint density at radius 1 is 1.15 bits per heavy atom. The van der Waals surface area contributed by atoms with Crippen molar-refractivity contribution in [1.29, 1.82) is 0 Å². The van der Waals surface area contributed by atoms with E-state index in [0.29, 0.717) is 23.3 Å². The van der Waals surface area contributed by atoms with E-state index >= 15 is 0 Å². The van der Waals surface area contributed by atoms with Crippen LogP contribution >= 0.6 is 11.8 Å². The molecule has 0 radical (unpaired) electrons. The van der Waals surface area contributed by atoms with Gasteiger partial charge in [0, 0.05) is 18.4 Å². The van der Waals surface area contributed by atoms with Crippen LogP contribution in [0.3, 0.4) is 0 Å². The maximum absolute atomic E-state index is 11.0. The van der Waals surface area contributed by atoms with Crippen molar-refractivity contribution in [3.63, 3.8) is 0 Å². The van der Waals surface area contributed by atoms with Gasteiger partial charge in [0.1, 0.15) is 9.84 Å². The molecule has 108 valence electrons. The minimum atomic E-state index is -2.94. The summed E-state index contributed by atoms with van der Waals surface area (Å²) in [6.07, 6.45) is 2.74. The van der Waals surface area contributed by atoms with E-state index in [0.717, 1.165) is 6.42 Å². The smallest absolute Gasteiger partial charge is 0.276 e. The molecule has 0 aliphatic carbocycles. The van der Waals surface area contributed by atoms with Crippen LogP contribution in [0.4, 0.5) is 0 Å². The molecule has 1 aromatic carbocycles. The van der Waals surface area contributed by atoms with E-state index in [9.17, 15) is 8.42 Å². The number of sulfone groups is 1. The standard InChI is InChI=1S/C13H16N2O3S2/c1-20(16,17)10-9-19-13-15-14-12(18-13)8-7-11-5-3-2-4-6-11/h2-6H,7-10H2,1H3. The Balaban J connectivity index is 1.80. The number of nitrogens with zero attached hydrogens (tertiary/aromatic N) is 2. The van der Waals surface area contributed by atoms with Crippen molar-refractivity contribution in [2.75, 3.05) is 17.8 Å². The Morgan fingerprint density at radius 2 is 1.90 bits per heavy atom. The van der Waals surface area contributed by atoms with Gasteiger partial charge >= 0.3 is 0 Å². The molecule has 1 aromatic heterocycles. The molecule has 0 saturated carbocycles. The van der Waals surface area contributed by atoms with Crippen LogP contribution < -0.4 is 0 Å². The van der Waals surface area contributed by atoms with Crippen molar-refractivity contribution in [2.24, 2.45) is 0 Å². The van der Waals surface area contributed by atoms with Gasteiger partial charge in [-0.2, -0.15) is 0 Å². The number of aryl methyl sites for hydroxylation is 2. The molecule has 0 spiro atoms. The highest BCUT2D eigenvalue weighted by Crippen LogP contribution is 2.17. The zero-order chi connectivity index (χ0) is 14.4. The fourth-order valence-corrected chi connectivity index (χ4v) is 3.55. The Morgan fingerprint density at radius 3 is 2.60 bits per heavy atom. The maximum Gasteiger partial charge on any atom is 0.276 e. The summed E-state index contributed by atoms with van der Waals surface area (Å²) < 4.78 is 27.5. The molecule has 0 aliphatic heterocycles. The molecule has 20 heavy (non-hydrogen) atoms. The molecule has 1 heterocycles. The molecule has 7 heteroatoms. The molecule has 0 bridgehead atoms. The minimum absolute atomic E-state index is 0.111. The molecule has 0 N–H and O–H groups in total. The SMILES string of the molecule is CS(=O)(=O)CCSc1nnc(CCc2ccccc2)o1. The summed E-state index contributed by atoms with van der Waals surface area (Å²) in [4.78, 5) is 0. The van der Waals surface area contributed by atoms with Crippen molar-refractivity contribution >= 4 is 21.6 Å². The largest absolute Gasteiger partial charge is 0.416 e. The van der Waals surface area contributed by atoms with E-state index in [4.69, 9.17) is 4.42 Å². The first kappa shape index (κ1) is 15.1. The summed E-state index contributed by atoms with van der Waals surface area (Å²) in [5, 5.41) is 8.29. The summed E-state index contributed by atoms with van der Waals surface area (Å²) >= 11 is 1.27. The van der Waals surface area contributed by atoms with Crippen LogP contribution in [0, 0.1) is 0 Å². The fourth-order valence-electron chi connectivity index (χ4n) is 1.57. The maximum atomic E-state index is 11.0. The normalized spacial score (nSPS) is 11.7. The molecule has 0 amide bonds. The highest BCUT2D eigenvalue weighted by molar-refractivity contribution is 8.00. The van der Waals surface area contributed by atoms with Gasteiger partial charge < -0.3 is 4.42 Å². The van der Waals surface area contributed by atoms with Crippen molar-refractivity contribution in [3.8, 4) is 0 Å². The van der Waals surface area contributed by atoms with E-state index in [-0.39, 0.29) is 5.75 Å². The average molecular weight is 312 g/mol. The van der Waals surface area contributed by atoms with Gasteiger partial charge in [-0.3, -0.25) is 0 Å². The van der Waals surface area contributed by atoms with Crippen molar-refractivity contribution in [3.05, 3.63) is 41.8 Å². The molecule has 0 saturated heterocycles. The second-order valence-corrected chi connectivity index (χ2v) is 7.73. The predicted octanol–water partition coefficient (Wildman–Crippen LogP) is 1.99. The topological polar surface area (TPSA) is 73.1 Å². The molecule has 2 rings (SSSR count). The number of benzene rings is 1. The number of hydrogen-bond donors (Lipinski definition) is 0. The van der Waals surface area contributed by atoms with E-state index in [1.54, 1.807) is 0 Å². The molecule has 0 unspecified atom stereocenters. The monoisotopic (exact) mass is 312 g/mol. The molecular formula is C13H16N2O3S2. The van der Waals surface area contributed by atoms with Crippen LogP contribution in [0.25, 0.3) is 0 Å². The Bertz CT molecular complexity index is 639. The van der Waals surface area contributed by atoms with Crippen LogP contribution in [0.5, 0.6) is 0 Å². The van der Waals surface area contributed by atoms with Crippen LogP contribution in [-0.4, -0.2) is 36.4 Å². The lowest BCUT2D eigenvalue weighted by Crippen LogP contribution is -2.04.